The first-order valence-electron chi connectivity index (χ1n) is 5.71. The first-order chi connectivity index (χ1) is 8.57. The third kappa shape index (κ3) is 3.53. The van der Waals surface area contributed by atoms with Crippen molar-refractivity contribution in [1.82, 2.24) is 5.32 Å². The number of hydrogen-bond acceptors (Lipinski definition) is 4. The Morgan fingerprint density at radius 1 is 1.44 bits per heavy atom. The number of nitrogens with one attached hydrogen (secondary N) is 1. The zero-order valence-electron chi connectivity index (χ0n) is 10.2. The van der Waals surface area contributed by atoms with Crippen LogP contribution in [0, 0.1) is 17.0 Å². The molecule has 0 spiro atoms. The monoisotopic (exact) mass is 252 g/mol. The molecule has 0 aliphatic carbocycles. The lowest BCUT2D eigenvalue weighted by molar-refractivity contribution is -0.385. The number of unbranched alkanes of at least 4 members (excludes halogenated alkanes) is 1. The van der Waals surface area contributed by atoms with Gasteiger partial charge in [0.15, 0.2) is 0 Å². The van der Waals surface area contributed by atoms with Gasteiger partial charge < -0.3 is 10.4 Å². The van der Waals surface area contributed by atoms with E-state index in [1.165, 1.54) is 6.07 Å². The third-order valence-corrected chi connectivity index (χ3v) is 2.55. The van der Waals surface area contributed by atoms with Gasteiger partial charge in [0.25, 0.3) is 11.6 Å². The van der Waals surface area contributed by atoms with Gasteiger partial charge in [-0.3, -0.25) is 14.9 Å². The van der Waals surface area contributed by atoms with Gasteiger partial charge >= 0.3 is 0 Å². The number of aliphatic hydroxyl groups is 1. The fraction of sp³-hybridized carbons (Fsp3) is 0.417. The zero-order chi connectivity index (χ0) is 13.5. The highest BCUT2D eigenvalue weighted by Gasteiger charge is 2.21. The predicted octanol–water partition coefficient (Wildman–Crippen LogP) is 1.41. The lowest BCUT2D eigenvalue weighted by Gasteiger charge is -2.07. The lowest BCUT2D eigenvalue weighted by Crippen LogP contribution is -2.26. The van der Waals surface area contributed by atoms with Crippen molar-refractivity contribution in [2.24, 2.45) is 0 Å². The van der Waals surface area contributed by atoms with Crippen molar-refractivity contribution < 1.29 is 14.8 Å². The van der Waals surface area contributed by atoms with Crippen LogP contribution in [-0.2, 0) is 0 Å². The summed E-state index contributed by atoms with van der Waals surface area (Å²) in [5.41, 5.74) is 0.491. The molecule has 1 aromatic carbocycles. The number of nitro benzene ring substituents is 1. The molecule has 18 heavy (non-hydrogen) atoms. The maximum absolute atomic E-state index is 11.9. The van der Waals surface area contributed by atoms with Crippen molar-refractivity contribution in [3.05, 3.63) is 39.4 Å². The van der Waals surface area contributed by atoms with Crippen LogP contribution < -0.4 is 5.32 Å². The number of nitro groups is 1. The normalized spacial score (nSPS) is 10.1. The second-order valence-corrected chi connectivity index (χ2v) is 3.91. The molecular formula is C12H16N2O4. The van der Waals surface area contributed by atoms with Crippen molar-refractivity contribution in [2.75, 3.05) is 13.2 Å². The SMILES string of the molecule is Cc1cccc([N+](=O)[O-])c1C(=O)NCCCCO. The number of aryl methyl sites for hydroxylation is 1. The van der Waals surface area contributed by atoms with Crippen LogP contribution >= 0.6 is 0 Å². The number of carbonyl (C=O) groups is 1. The topological polar surface area (TPSA) is 92.5 Å². The van der Waals surface area contributed by atoms with Crippen LogP contribution in [0.1, 0.15) is 28.8 Å². The van der Waals surface area contributed by atoms with Gasteiger partial charge in [-0.15, -0.1) is 0 Å². The molecule has 2 N–H and O–H groups in total. The summed E-state index contributed by atoms with van der Waals surface area (Å²) >= 11 is 0. The molecule has 0 aliphatic rings. The van der Waals surface area contributed by atoms with Crippen molar-refractivity contribution in [3.63, 3.8) is 0 Å². The molecule has 0 unspecified atom stereocenters. The van der Waals surface area contributed by atoms with E-state index in [0.29, 0.717) is 24.9 Å². The molecule has 0 fully saturated rings. The summed E-state index contributed by atoms with van der Waals surface area (Å²) < 4.78 is 0. The summed E-state index contributed by atoms with van der Waals surface area (Å²) in [7, 11) is 0. The number of nitrogens with zero attached hydrogens (tertiary/aromatic N) is 1. The van der Waals surface area contributed by atoms with Crippen LogP contribution in [0.2, 0.25) is 0 Å². The average Bonchev–Trinajstić information content (AvgIpc) is 2.34. The number of carbonyl (C=O) groups excluding carboxylic acids is 1. The Balaban J connectivity index is 2.81. The second kappa shape index (κ2) is 6.70. The summed E-state index contributed by atoms with van der Waals surface area (Å²) in [6.45, 7) is 2.13. The van der Waals surface area contributed by atoms with Crippen molar-refractivity contribution >= 4 is 11.6 Å². The Bertz CT molecular complexity index is 446. The largest absolute Gasteiger partial charge is 0.396 e. The van der Waals surface area contributed by atoms with E-state index in [1.807, 2.05) is 0 Å². The van der Waals surface area contributed by atoms with E-state index in [2.05, 4.69) is 5.32 Å². The molecule has 1 aromatic rings. The highest BCUT2D eigenvalue weighted by molar-refractivity contribution is 5.99. The van der Waals surface area contributed by atoms with E-state index in [0.717, 1.165) is 0 Å². The average molecular weight is 252 g/mol. The van der Waals surface area contributed by atoms with Crippen molar-refractivity contribution in [2.45, 2.75) is 19.8 Å². The molecule has 0 aliphatic heterocycles. The fourth-order valence-electron chi connectivity index (χ4n) is 1.63. The Labute approximate surface area is 105 Å². The van der Waals surface area contributed by atoms with Gasteiger partial charge in [-0.1, -0.05) is 12.1 Å². The molecule has 0 saturated heterocycles. The van der Waals surface area contributed by atoms with E-state index in [-0.39, 0.29) is 17.9 Å². The maximum atomic E-state index is 11.9. The molecule has 0 heterocycles. The van der Waals surface area contributed by atoms with Gasteiger partial charge in [-0.05, 0) is 25.3 Å². The van der Waals surface area contributed by atoms with Crippen LogP contribution in [0.15, 0.2) is 18.2 Å². The van der Waals surface area contributed by atoms with E-state index in [9.17, 15) is 14.9 Å². The molecule has 98 valence electrons. The Morgan fingerprint density at radius 2 is 2.17 bits per heavy atom. The number of hydrogen-bond donors (Lipinski definition) is 2. The number of aliphatic hydroxyl groups excluding tert-OH is 1. The van der Waals surface area contributed by atoms with E-state index >= 15 is 0 Å². The number of amides is 1. The highest BCUT2D eigenvalue weighted by Crippen LogP contribution is 2.21. The highest BCUT2D eigenvalue weighted by atomic mass is 16.6. The smallest absolute Gasteiger partial charge is 0.282 e. The van der Waals surface area contributed by atoms with Gasteiger partial charge in [0.1, 0.15) is 5.56 Å². The molecule has 1 rings (SSSR count). The molecular weight excluding hydrogens is 236 g/mol. The zero-order valence-corrected chi connectivity index (χ0v) is 10.2. The van der Waals surface area contributed by atoms with Crippen LogP contribution in [0.25, 0.3) is 0 Å². The molecule has 0 bridgehead atoms. The predicted molar refractivity (Wildman–Crippen MR) is 66.5 cm³/mol. The molecule has 6 heteroatoms. The minimum Gasteiger partial charge on any atom is -0.396 e. The first-order valence-corrected chi connectivity index (χ1v) is 5.71. The summed E-state index contributed by atoms with van der Waals surface area (Å²) in [6.07, 6.45) is 1.23. The minimum atomic E-state index is -0.560. The summed E-state index contributed by atoms with van der Waals surface area (Å²) in [4.78, 5) is 22.2. The van der Waals surface area contributed by atoms with Crippen LogP contribution in [0.4, 0.5) is 5.69 Å². The van der Waals surface area contributed by atoms with Crippen molar-refractivity contribution in [1.29, 1.82) is 0 Å². The van der Waals surface area contributed by atoms with Gasteiger partial charge in [-0.2, -0.15) is 0 Å². The summed E-state index contributed by atoms with van der Waals surface area (Å²) in [6, 6.07) is 4.53. The maximum Gasteiger partial charge on any atom is 0.282 e. The van der Waals surface area contributed by atoms with Crippen molar-refractivity contribution in [3.8, 4) is 0 Å². The quantitative estimate of drug-likeness (QED) is 0.454. The molecule has 0 radical (unpaired) electrons. The molecule has 0 saturated carbocycles. The van der Waals surface area contributed by atoms with Crippen LogP contribution in [0.3, 0.4) is 0 Å². The molecule has 6 nitrogen and oxygen atoms in total. The summed E-state index contributed by atoms with van der Waals surface area (Å²) in [5.74, 6) is -0.447. The Morgan fingerprint density at radius 3 is 2.78 bits per heavy atom. The van der Waals surface area contributed by atoms with Gasteiger partial charge in [0.05, 0.1) is 4.92 Å². The van der Waals surface area contributed by atoms with E-state index in [1.54, 1.807) is 19.1 Å². The third-order valence-electron chi connectivity index (χ3n) is 2.55. The van der Waals surface area contributed by atoms with Gasteiger partial charge in [0, 0.05) is 19.2 Å². The second-order valence-electron chi connectivity index (χ2n) is 3.91. The van der Waals surface area contributed by atoms with E-state index < -0.39 is 10.8 Å². The molecule has 0 aromatic heterocycles. The fourth-order valence-corrected chi connectivity index (χ4v) is 1.63. The van der Waals surface area contributed by atoms with Gasteiger partial charge in [-0.25, -0.2) is 0 Å². The molecule has 0 atom stereocenters. The minimum absolute atomic E-state index is 0.0698. The molecule has 1 amide bonds. The summed E-state index contributed by atoms with van der Waals surface area (Å²) in [5, 5.41) is 22.1. The standard InChI is InChI=1S/C12H16N2O4/c1-9-5-4-6-10(14(17)18)11(9)12(16)13-7-2-3-8-15/h4-6,15H,2-3,7-8H2,1H3,(H,13,16). The van der Waals surface area contributed by atoms with Crippen LogP contribution in [-0.4, -0.2) is 29.1 Å². The van der Waals surface area contributed by atoms with Gasteiger partial charge in [0.2, 0.25) is 0 Å². The number of benzene rings is 1. The Kier molecular flexibility index (Phi) is 5.26. The Hall–Kier alpha value is -1.95. The lowest BCUT2D eigenvalue weighted by atomic mass is 10.1. The number of rotatable bonds is 6. The van der Waals surface area contributed by atoms with Crippen LogP contribution in [0.5, 0.6) is 0 Å². The van der Waals surface area contributed by atoms with E-state index in [4.69, 9.17) is 5.11 Å². The first kappa shape index (κ1) is 14.1.